The van der Waals surface area contributed by atoms with Crippen molar-refractivity contribution in [1.29, 1.82) is 0 Å². The van der Waals surface area contributed by atoms with Gasteiger partial charge in [0.1, 0.15) is 16.9 Å². The quantitative estimate of drug-likeness (QED) is 0.630. The number of amides is 3. The summed E-state index contributed by atoms with van der Waals surface area (Å²) < 4.78 is 0.693. The average Bonchev–Trinajstić information content (AvgIpc) is 3.49. The van der Waals surface area contributed by atoms with Crippen LogP contribution in [0.1, 0.15) is 29.8 Å². The first-order valence-electron chi connectivity index (χ1n) is 9.83. The lowest BCUT2D eigenvalue weighted by Crippen LogP contribution is -2.49. The Labute approximate surface area is 181 Å². The topological polar surface area (TPSA) is 123 Å². The summed E-state index contributed by atoms with van der Waals surface area (Å²) in [5.41, 5.74) is 6.07. The number of alkyl halides is 2. The molecule has 4 atom stereocenters. The molecule has 0 radical (unpaired) electrons. The number of nitrogens with two attached hydrogens (primary N) is 1. The summed E-state index contributed by atoms with van der Waals surface area (Å²) >= 11 is 12.0. The molecule has 5 rings (SSSR count). The molecule has 9 nitrogen and oxygen atoms in total. The number of rotatable bonds is 6. The van der Waals surface area contributed by atoms with Crippen LogP contribution >= 0.6 is 23.2 Å². The second-order valence-corrected chi connectivity index (χ2v) is 9.83. The van der Waals surface area contributed by atoms with Crippen LogP contribution in [-0.4, -0.2) is 60.3 Å². The molecule has 0 aromatic carbocycles. The number of hydrogen-bond donors (Lipinski definition) is 2. The van der Waals surface area contributed by atoms with Crippen LogP contribution in [0.2, 0.25) is 0 Å². The van der Waals surface area contributed by atoms with Crippen molar-refractivity contribution >= 4 is 51.8 Å². The number of hydrogen-bond acceptors (Lipinski definition) is 5. The lowest BCUT2D eigenvalue weighted by molar-refractivity contribution is -0.140. The first kappa shape index (κ1) is 19.6. The van der Waals surface area contributed by atoms with Crippen molar-refractivity contribution in [1.82, 2.24) is 25.0 Å². The summed E-state index contributed by atoms with van der Waals surface area (Å²) in [5, 5.41) is 7.60. The fourth-order valence-corrected chi connectivity index (χ4v) is 4.94. The van der Waals surface area contributed by atoms with E-state index in [2.05, 4.69) is 15.4 Å². The van der Waals surface area contributed by atoms with Crippen LogP contribution in [0.3, 0.4) is 0 Å². The van der Waals surface area contributed by atoms with Crippen molar-refractivity contribution in [2.24, 2.45) is 17.6 Å². The number of aromatic nitrogens is 3. The SMILES string of the molecule is NC(=O)c1nn(CC(=O)N2[C@@H]3C[C@@H]3C[C@H]2C(=O)NCC2CC2(Cl)Cl)c2ccncc12. The first-order chi connectivity index (χ1) is 14.3. The van der Waals surface area contributed by atoms with Crippen LogP contribution < -0.4 is 11.1 Å². The van der Waals surface area contributed by atoms with Gasteiger partial charge in [-0.25, -0.2) is 0 Å². The normalized spacial score (nSPS) is 28.3. The highest BCUT2D eigenvalue weighted by Gasteiger charge is 2.56. The van der Waals surface area contributed by atoms with E-state index >= 15 is 0 Å². The summed E-state index contributed by atoms with van der Waals surface area (Å²) in [4.78, 5) is 43.3. The van der Waals surface area contributed by atoms with Gasteiger partial charge in [-0.15, -0.1) is 23.2 Å². The van der Waals surface area contributed by atoms with Gasteiger partial charge in [-0.1, -0.05) is 0 Å². The average molecular weight is 451 g/mol. The van der Waals surface area contributed by atoms with Gasteiger partial charge in [-0.2, -0.15) is 5.10 Å². The third-order valence-corrected chi connectivity index (χ3v) is 7.17. The zero-order valence-corrected chi connectivity index (χ0v) is 17.4. The highest BCUT2D eigenvalue weighted by Crippen LogP contribution is 2.53. The van der Waals surface area contributed by atoms with Gasteiger partial charge in [0.15, 0.2) is 5.69 Å². The fraction of sp³-hybridized carbons (Fsp3) is 0.526. The second-order valence-electron chi connectivity index (χ2n) is 8.29. The van der Waals surface area contributed by atoms with E-state index in [0.717, 1.165) is 6.42 Å². The number of carbonyl (C=O) groups excluding carboxylic acids is 3. The van der Waals surface area contributed by atoms with Crippen LogP contribution in [0.25, 0.3) is 10.9 Å². The predicted octanol–water partition coefficient (Wildman–Crippen LogP) is 0.830. The molecule has 1 unspecified atom stereocenters. The minimum atomic E-state index is -0.755. The zero-order valence-electron chi connectivity index (χ0n) is 15.9. The van der Waals surface area contributed by atoms with E-state index in [0.29, 0.717) is 36.2 Å². The van der Waals surface area contributed by atoms with Crippen molar-refractivity contribution < 1.29 is 14.4 Å². The molecule has 2 aliphatic carbocycles. The van der Waals surface area contributed by atoms with Gasteiger partial charge in [-0.3, -0.25) is 24.0 Å². The molecule has 2 saturated carbocycles. The van der Waals surface area contributed by atoms with E-state index < -0.39 is 16.3 Å². The highest BCUT2D eigenvalue weighted by molar-refractivity contribution is 6.50. The maximum Gasteiger partial charge on any atom is 0.269 e. The van der Waals surface area contributed by atoms with Gasteiger partial charge in [0, 0.05) is 30.9 Å². The molecule has 3 fully saturated rings. The predicted molar refractivity (Wildman–Crippen MR) is 109 cm³/mol. The molecule has 2 aromatic heterocycles. The standard InChI is InChI=1S/C19H20Cl2N6O3/c20-19(21)5-10(19)6-24-18(30)14-4-9-3-13(9)27(14)15(28)8-26-12-1-2-23-7-11(12)16(25-26)17(22)29/h1-2,7,9-10,13-14H,3-6,8H2,(H2,22,29)(H,24,30)/t9-,10?,13-,14+/m1/s1. The summed E-state index contributed by atoms with van der Waals surface area (Å²) in [6, 6.07) is 1.24. The molecule has 30 heavy (non-hydrogen) atoms. The molecule has 0 spiro atoms. The maximum absolute atomic E-state index is 13.2. The van der Waals surface area contributed by atoms with Crippen LogP contribution in [0.5, 0.6) is 0 Å². The number of nitrogens with one attached hydrogen (secondary N) is 1. The highest BCUT2D eigenvalue weighted by atomic mass is 35.5. The summed E-state index contributed by atoms with van der Waals surface area (Å²) in [6.07, 6.45) is 5.26. The molecule has 3 N–H and O–H groups in total. The molecule has 0 bridgehead atoms. The molecule has 3 heterocycles. The van der Waals surface area contributed by atoms with Crippen molar-refractivity contribution in [2.45, 2.75) is 42.2 Å². The van der Waals surface area contributed by atoms with Gasteiger partial charge < -0.3 is 16.0 Å². The van der Waals surface area contributed by atoms with Crippen LogP contribution in [0.15, 0.2) is 18.5 Å². The van der Waals surface area contributed by atoms with E-state index in [4.69, 9.17) is 28.9 Å². The van der Waals surface area contributed by atoms with Crippen LogP contribution in [-0.2, 0) is 16.1 Å². The third kappa shape index (κ3) is 3.30. The molecule has 3 amide bonds. The Balaban J connectivity index is 1.32. The molecule has 11 heteroatoms. The Morgan fingerprint density at radius 1 is 1.30 bits per heavy atom. The lowest BCUT2D eigenvalue weighted by Gasteiger charge is -2.27. The van der Waals surface area contributed by atoms with Crippen LogP contribution in [0, 0.1) is 11.8 Å². The number of nitrogens with zero attached hydrogens (tertiary/aromatic N) is 4. The largest absolute Gasteiger partial charge is 0.364 e. The van der Waals surface area contributed by atoms with E-state index in [1.807, 2.05) is 0 Å². The van der Waals surface area contributed by atoms with Gasteiger partial charge in [0.25, 0.3) is 5.91 Å². The Morgan fingerprint density at radius 2 is 2.07 bits per heavy atom. The molecular weight excluding hydrogens is 431 g/mol. The number of pyridine rings is 1. The van der Waals surface area contributed by atoms with E-state index in [-0.39, 0.29) is 36.0 Å². The minimum Gasteiger partial charge on any atom is -0.364 e. The third-order valence-electron chi connectivity index (χ3n) is 6.24. The Bertz CT molecular complexity index is 1070. The van der Waals surface area contributed by atoms with E-state index in [9.17, 15) is 14.4 Å². The number of primary amides is 1. The van der Waals surface area contributed by atoms with E-state index in [1.165, 1.54) is 10.9 Å². The molecule has 1 saturated heterocycles. The van der Waals surface area contributed by atoms with Gasteiger partial charge >= 0.3 is 0 Å². The maximum atomic E-state index is 13.2. The van der Waals surface area contributed by atoms with Gasteiger partial charge in [0.2, 0.25) is 11.8 Å². The number of halogens is 2. The number of likely N-dealkylation sites (tertiary alicyclic amines) is 1. The Kier molecular flexibility index (Phi) is 4.44. The minimum absolute atomic E-state index is 0.0427. The summed E-state index contributed by atoms with van der Waals surface area (Å²) in [6.45, 7) is 0.314. The number of piperidine rings is 1. The molecule has 1 aliphatic heterocycles. The molecule has 3 aliphatic rings. The Morgan fingerprint density at radius 3 is 2.77 bits per heavy atom. The van der Waals surface area contributed by atoms with Crippen molar-refractivity contribution in [3.63, 3.8) is 0 Å². The summed E-state index contributed by atoms with van der Waals surface area (Å²) in [7, 11) is 0. The number of carbonyl (C=O) groups is 3. The van der Waals surface area contributed by atoms with Crippen molar-refractivity contribution in [3.05, 3.63) is 24.2 Å². The van der Waals surface area contributed by atoms with Crippen LogP contribution in [0.4, 0.5) is 0 Å². The fourth-order valence-electron chi connectivity index (χ4n) is 4.42. The molecule has 2 aromatic rings. The van der Waals surface area contributed by atoms with Gasteiger partial charge in [-0.05, 0) is 31.2 Å². The molecular formula is C19H20Cl2N6O3. The lowest BCUT2D eigenvalue weighted by atomic mass is 10.1. The second kappa shape index (κ2) is 6.81. The van der Waals surface area contributed by atoms with Crippen molar-refractivity contribution in [2.75, 3.05) is 6.54 Å². The van der Waals surface area contributed by atoms with Gasteiger partial charge in [0.05, 0.1) is 10.9 Å². The molecule has 158 valence electrons. The monoisotopic (exact) mass is 450 g/mol. The Hall–Kier alpha value is -2.39. The van der Waals surface area contributed by atoms with Crippen molar-refractivity contribution in [3.8, 4) is 0 Å². The first-order valence-corrected chi connectivity index (χ1v) is 10.6. The summed E-state index contributed by atoms with van der Waals surface area (Å²) in [5.74, 6) is -0.687. The van der Waals surface area contributed by atoms with E-state index in [1.54, 1.807) is 17.2 Å². The number of fused-ring (bicyclic) bond motifs is 2. The zero-order chi connectivity index (χ0) is 21.2. The smallest absolute Gasteiger partial charge is 0.269 e.